The van der Waals surface area contributed by atoms with Crippen LogP contribution in [0.4, 0.5) is 0 Å². The highest BCUT2D eigenvalue weighted by Crippen LogP contribution is 2.53. The van der Waals surface area contributed by atoms with Gasteiger partial charge in [-0.1, -0.05) is 13.8 Å². The number of nitrogens with two attached hydrogens (primary N) is 1. The van der Waals surface area contributed by atoms with E-state index in [1.165, 1.54) is 23.6 Å². The topological polar surface area (TPSA) is 150 Å². The van der Waals surface area contributed by atoms with E-state index in [9.17, 15) is 29.1 Å². The van der Waals surface area contributed by atoms with Crippen LogP contribution in [0.15, 0.2) is 10.6 Å². The second-order valence-electron chi connectivity index (χ2n) is 10.8. The summed E-state index contributed by atoms with van der Waals surface area (Å²) < 4.78 is 0. The maximum atomic E-state index is 13.1. The van der Waals surface area contributed by atoms with E-state index < -0.39 is 5.97 Å². The number of carbonyl (C=O) groups excluding carboxylic acids is 4. The quantitative estimate of drug-likeness (QED) is 0.360. The monoisotopic (exact) mass is 520 g/mol. The number of primary amides is 1. The molecule has 0 saturated carbocycles. The molecule has 10 nitrogen and oxygen atoms in total. The molecule has 0 aliphatic carbocycles. The highest BCUT2D eigenvalue weighted by Gasteiger charge is 2.60. The summed E-state index contributed by atoms with van der Waals surface area (Å²) in [7, 11) is 0. The molecule has 7 atom stereocenters. The standard InChI is InChI=1S/C25H36N4O6S/c1-12(8-13(2)30)19-20-14(3)22(21(25(34)35)29(20)24(19)33)36-16-9-17(27-10-16)23(32)28-7-6-15(11-28)4-5-18(26)31/h12,14-17,19-20,27H,4-11H2,1-3H3,(H2,26,31)(H,34,35)/t12-,14+,15+,16-,17-,19+,20+/m0/s1. The van der Waals surface area contributed by atoms with Gasteiger partial charge in [0.05, 0.1) is 18.0 Å². The molecule has 0 unspecified atom stereocenters. The van der Waals surface area contributed by atoms with E-state index in [4.69, 9.17) is 5.73 Å². The number of carboxylic acids is 1. The van der Waals surface area contributed by atoms with E-state index >= 15 is 0 Å². The minimum atomic E-state index is -1.12. The van der Waals surface area contributed by atoms with Gasteiger partial charge in [0, 0.05) is 48.5 Å². The molecule has 36 heavy (non-hydrogen) atoms. The number of nitrogens with zero attached hydrogens (tertiary/aromatic N) is 2. The van der Waals surface area contributed by atoms with Crippen LogP contribution in [0.3, 0.4) is 0 Å². The summed E-state index contributed by atoms with van der Waals surface area (Å²) in [6.45, 7) is 7.22. The van der Waals surface area contributed by atoms with E-state index in [1.807, 2.05) is 18.7 Å². The van der Waals surface area contributed by atoms with Crippen LogP contribution in [-0.2, 0) is 24.0 Å². The van der Waals surface area contributed by atoms with Crippen molar-refractivity contribution in [3.63, 3.8) is 0 Å². The number of amides is 3. The van der Waals surface area contributed by atoms with Crippen LogP contribution in [0.2, 0.25) is 0 Å². The van der Waals surface area contributed by atoms with E-state index in [0.29, 0.717) is 50.2 Å². The third-order valence-electron chi connectivity index (χ3n) is 8.09. The van der Waals surface area contributed by atoms with Crippen molar-refractivity contribution in [1.82, 2.24) is 15.1 Å². The van der Waals surface area contributed by atoms with E-state index in [0.717, 1.165) is 6.42 Å². The minimum absolute atomic E-state index is 0.0147. The molecule has 4 heterocycles. The van der Waals surface area contributed by atoms with Crippen LogP contribution < -0.4 is 11.1 Å². The Morgan fingerprint density at radius 3 is 2.64 bits per heavy atom. The number of aliphatic carboxylic acids is 1. The lowest BCUT2D eigenvalue weighted by Gasteiger charge is -2.47. The van der Waals surface area contributed by atoms with Gasteiger partial charge in [0.1, 0.15) is 11.5 Å². The molecule has 4 aliphatic heterocycles. The molecular formula is C25H36N4O6S. The molecule has 0 aromatic heterocycles. The van der Waals surface area contributed by atoms with Gasteiger partial charge in [0.25, 0.3) is 0 Å². The lowest BCUT2D eigenvalue weighted by Crippen LogP contribution is -2.62. The molecule has 4 aliphatic rings. The number of hydrogen-bond acceptors (Lipinski definition) is 7. The van der Waals surface area contributed by atoms with Crippen molar-refractivity contribution in [2.24, 2.45) is 29.4 Å². The van der Waals surface area contributed by atoms with Gasteiger partial charge in [0.2, 0.25) is 17.7 Å². The number of β-lactam (4-membered cyclic amide) rings is 1. The molecule has 0 aromatic rings. The molecule has 0 bridgehead atoms. The average Bonchev–Trinajstić information content (AvgIpc) is 3.50. The van der Waals surface area contributed by atoms with Gasteiger partial charge in [-0.2, -0.15) is 0 Å². The number of fused-ring (bicyclic) bond motifs is 1. The summed E-state index contributed by atoms with van der Waals surface area (Å²) in [6, 6.07) is -0.570. The fourth-order valence-corrected chi connectivity index (χ4v) is 7.82. The minimum Gasteiger partial charge on any atom is -0.477 e. The first kappa shape index (κ1) is 26.7. The van der Waals surface area contributed by atoms with Crippen molar-refractivity contribution in [3.8, 4) is 0 Å². The Morgan fingerprint density at radius 1 is 1.28 bits per heavy atom. The Hall–Kier alpha value is -2.40. The van der Waals surface area contributed by atoms with Crippen LogP contribution in [0, 0.1) is 23.7 Å². The maximum absolute atomic E-state index is 13.1. The molecular weight excluding hydrogens is 484 g/mol. The van der Waals surface area contributed by atoms with Crippen molar-refractivity contribution < 1.29 is 29.1 Å². The number of carbonyl (C=O) groups is 5. The van der Waals surface area contributed by atoms with Crippen LogP contribution in [0.1, 0.15) is 52.9 Å². The molecule has 0 radical (unpaired) electrons. The summed E-state index contributed by atoms with van der Waals surface area (Å²) in [5, 5.41) is 13.3. The SMILES string of the molecule is CC(=O)C[C@H](C)[C@H]1C(=O)N2C(C(=O)O)=C(S[C@@H]3CN[C@H](C(=O)N4CC[C@@H](CCC(N)=O)C4)C3)[C@H](C)[C@H]12. The van der Waals surface area contributed by atoms with Crippen molar-refractivity contribution in [2.45, 2.75) is 70.2 Å². The molecule has 4 N–H and O–H groups in total. The van der Waals surface area contributed by atoms with Crippen LogP contribution in [0.5, 0.6) is 0 Å². The molecule has 3 amide bonds. The van der Waals surface area contributed by atoms with Gasteiger partial charge in [-0.15, -0.1) is 11.8 Å². The van der Waals surface area contributed by atoms with Crippen LogP contribution in [-0.4, -0.2) is 81.3 Å². The average molecular weight is 521 g/mol. The maximum Gasteiger partial charge on any atom is 0.353 e. The number of nitrogens with one attached hydrogen (secondary N) is 1. The van der Waals surface area contributed by atoms with Crippen molar-refractivity contribution >= 4 is 41.2 Å². The second kappa shape index (κ2) is 10.5. The highest BCUT2D eigenvalue weighted by molar-refractivity contribution is 8.03. The lowest BCUT2D eigenvalue weighted by atomic mass is 9.73. The van der Waals surface area contributed by atoms with Crippen molar-refractivity contribution in [2.75, 3.05) is 19.6 Å². The number of rotatable bonds is 10. The van der Waals surface area contributed by atoms with Gasteiger partial charge in [0.15, 0.2) is 0 Å². The largest absolute Gasteiger partial charge is 0.477 e. The molecule has 0 spiro atoms. The second-order valence-corrected chi connectivity index (χ2v) is 12.1. The Morgan fingerprint density at radius 2 is 2.00 bits per heavy atom. The molecule has 3 fully saturated rings. The summed E-state index contributed by atoms with van der Waals surface area (Å²) in [5.74, 6) is -1.94. The summed E-state index contributed by atoms with van der Waals surface area (Å²) in [6.07, 6.45) is 2.78. The summed E-state index contributed by atoms with van der Waals surface area (Å²) in [4.78, 5) is 64.8. The Labute approximate surface area is 215 Å². The number of thioether (sulfide) groups is 1. The molecule has 4 rings (SSSR count). The van der Waals surface area contributed by atoms with Crippen LogP contribution in [0.25, 0.3) is 0 Å². The number of hydrogen-bond donors (Lipinski definition) is 3. The number of likely N-dealkylation sites (tertiary alicyclic amines) is 1. The summed E-state index contributed by atoms with van der Waals surface area (Å²) in [5.41, 5.74) is 5.30. The third kappa shape index (κ3) is 5.04. The lowest BCUT2D eigenvalue weighted by molar-refractivity contribution is -0.160. The third-order valence-corrected chi connectivity index (χ3v) is 9.60. The zero-order chi connectivity index (χ0) is 26.3. The predicted molar refractivity (Wildman–Crippen MR) is 133 cm³/mol. The first-order chi connectivity index (χ1) is 17.0. The van der Waals surface area contributed by atoms with E-state index in [1.54, 1.807) is 0 Å². The fraction of sp³-hybridized carbons (Fsp3) is 0.720. The smallest absolute Gasteiger partial charge is 0.353 e. The van der Waals surface area contributed by atoms with Crippen molar-refractivity contribution in [3.05, 3.63) is 10.6 Å². The predicted octanol–water partition coefficient (Wildman–Crippen LogP) is 0.952. The summed E-state index contributed by atoms with van der Waals surface area (Å²) >= 11 is 1.47. The fourth-order valence-electron chi connectivity index (χ4n) is 6.34. The first-order valence-electron chi connectivity index (χ1n) is 12.8. The van der Waals surface area contributed by atoms with E-state index in [-0.39, 0.29) is 70.2 Å². The molecule has 11 heteroatoms. The van der Waals surface area contributed by atoms with Gasteiger partial charge < -0.3 is 30.8 Å². The zero-order valence-electron chi connectivity index (χ0n) is 21.1. The van der Waals surface area contributed by atoms with Gasteiger partial charge in [-0.05, 0) is 38.0 Å². The first-order valence-corrected chi connectivity index (χ1v) is 13.6. The highest BCUT2D eigenvalue weighted by atomic mass is 32.2. The van der Waals surface area contributed by atoms with Crippen LogP contribution >= 0.6 is 11.8 Å². The van der Waals surface area contributed by atoms with Gasteiger partial charge >= 0.3 is 5.97 Å². The van der Waals surface area contributed by atoms with E-state index in [2.05, 4.69) is 5.32 Å². The number of ketones is 1. The molecule has 198 valence electrons. The number of Topliss-reactive ketones (excluding diaryl/α,β-unsaturated/α-hetero) is 1. The van der Waals surface area contributed by atoms with Crippen molar-refractivity contribution in [1.29, 1.82) is 0 Å². The Balaban J connectivity index is 1.38. The molecule has 3 saturated heterocycles. The Kier molecular flexibility index (Phi) is 7.80. The van der Waals surface area contributed by atoms with Gasteiger partial charge in [-0.3, -0.25) is 14.4 Å². The Bertz CT molecular complexity index is 999. The van der Waals surface area contributed by atoms with Gasteiger partial charge in [-0.25, -0.2) is 4.79 Å². The number of carboxylic acid groups (broad SMARTS) is 1. The normalized spacial score (nSPS) is 32.5. The molecule has 0 aromatic carbocycles. The zero-order valence-corrected chi connectivity index (χ0v) is 21.9.